The van der Waals surface area contributed by atoms with Crippen LogP contribution in [0.3, 0.4) is 0 Å². The van der Waals surface area contributed by atoms with Crippen LogP contribution >= 0.6 is 24.8 Å². The molecule has 0 fully saturated rings. The van der Waals surface area contributed by atoms with Crippen LogP contribution in [0.15, 0.2) is 36.4 Å². The number of aromatic nitrogens is 1. The number of rotatable bonds is 7. The number of halogens is 2. The topological polar surface area (TPSA) is 57.0 Å². The molecule has 0 bridgehead atoms. The summed E-state index contributed by atoms with van der Waals surface area (Å²) >= 11 is 0. The molecule has 26 heavy (non-hydrogen) atoms. The molecule has 0 aliphatic heterocycles. The van der Waals surface area contributed by atoms with Crippen molar-refractivity contribution in [1.82, 2.24) is 4.57 Å². The van der Waals surface area contributed by atoms with Crippen LogP contribution in [0.2, 0.25) is 0 Å². The van der Waals surface area contributed by atoms with Gasteiger partial charge in [0.1, 0.15) is 0 Å². The first-order chi connectivity index (χ1) is 11.7. The Balaban J connectivity index is 0.00000169. The number of hydrogen-bond donors (Lipinski definition) is 2. The minimum atomic E-state index is 0. The maximum Gasteiger partial charge on any atom is 0.0514 e. The molecule has 0 amide bonds. The Kier molecular flexibility index (Phi) is 8.58. The molecule has 3 nitrogen and oxygen atoms in total. The maximum atomic E-state index is 6.11. The van der Waals surface area contributed by atoms with E-state index < -0.39 is 0 Å². The number of hydrogen-bond acceptors (Lipinski definition) is 2. The van der Waals surface area contributed by atoms with Crippen LogP contribution in [-0.2, 0) is 0 Å². The van der Waals surface area contributed by atoms with Crippen molar-refractivity contribution >= 4 is 58.0 Å². The maximum absolute atomic E-state index is 6.11. The zero-order valence-electron chi connectivity index (χ0n) is 15.7. The normalized spacial score (nSPS) is 10.9. The molecule has 0 radical (unpaired) electrons. The molecule has 3 aromatic rings. The van der Waals surface area contributed by atoms with Crippen molar-refractivity contribution < 1.29 is 0 Å². The Labute approximate surface area is 168 Å². The molecule has 1 aromatic heterocycles. The lowest BCUT2D eigenvalue weighted by Gasteiger charge is -2.21. The Morgan fingerprint density at radius 1 is 0.769 bits per heavy atom. The molecule has 144 valence electrons. The lowest BCUT2D eigenvalue weighted by molar-refractivity contribution is 0.427. The molecule has 1 heterocycles. The summed E-state index contributed by atoms with van der Waals surface area (Å²) in [7, 11) is 0. The van der Waals surface area contributed by atoms with E-state index >= 15 is 0 Å². The molecular formula is C21H31Cl2N3. The van der Waals surface area contributed by atoms with E-state index in [-0.39, 0.29) is 24.8 Å². The number of anilines is 2. The van der Waals surface area contributed by atoms with Crippen LogP contribution in [0.4, 0.5) is 11.4 Å². The van der Waals surface area contributed by atoms with Crippen LogP contribution in [0.1, 0.15) is 58.4 Å². The molecule has 2 aromatic carbocycles. The van der Waals surface area contributed by atoms with Gasteiger partial charge in [0, 0.05) is 28.2 Å². The van der Waals surface area contributed by atoms with E-state index in [4.69, 9.17) is 11.5 Å². The van der Waals surface area contributed by atoms with Gasteiger partial charge in [0.25, 0.3) is 0 Å². The van der Waals surface area contributed by atoms with Crippen molar-refractivity contribution in [3.63, 3.8) is 0 Å². The quantitative estimate of drug-likeness (QED) is 0.435. The summed E-state index contributed by atoms with van der Waals surface area (Å²) in [6.07, 6.45) is 7.37. The predicted molar refractivity (Wildman–Crippen MR) is 121 cm³/mol. The smallest absolute Gasteiger partial charge is 0.0514 e. The summed E-state index contributed by atoms with van der Waals surface area (Å²) in [6, 6.07) is 13.0. The molecule has 0 saturated heterocycles. The summed E-state index contributed by atoms with van der Waals surface area (Å²) in [5, 5.41) is 2.55. The summed E-state index contributed by atoms with van der Waals surface area (Å²) in [4.78, 5) is 0. The fourth-order valence-corrected chi connectivity index (χ4v) is 3.76. The molecule has 0 spiro atoms. The van der Waals surface area contributed by atoms with Gasteiger partial charge in [-0.05, 0) is 37.1 Å². The Morgan fingerprint density at radius 2 is 1.19 bits per heavy atom. The van der Waals surface area contributed by atoms with Crippen molar-refractivity contribution in [3.05, 3.63) is 36.4 Å². The van der Waals surface area contributed by atoms with E-state index in [2.05, 4.69) is 42.7 Å². The lowest BCUT2D eigenvalue weighted by Crippen LogP contribution is -2.09. The molecule has 0 aliphatic carbocycles. The fraction of sp³-hybridized carbons (Fsp3) is 0.429. The molecular weight excluding hydrogens is 365 g/mol. The average Bonchev–Trinajstić information content (AvgIpc) is 2.87. The minimum absolute atomic E-state index is 0. The number of nitrogen functional groups attached to an aromatic ring is 2. The third-order valence-corrected chi connectivity index (χ3v) is 5.00. The van der Waals surface area contributed by atoms with Crippen molar-refractivity contribution in [2.24, 2.45) is 0 Å². The van der Waals surface area contributed by atoms with Gasteiger partial charge in [0.05, 0.1) is 11.0 Å². The van der Waals surface area contributed by atoms with Gasteiger partial charge >= 0.3 is 0 Å². The second-order valence-corrected chi connectivity index (χ2v) is 6.86. The fourth-order valence-electron chi connectivity index (χ4n) is 3.76. The highest BCUT2D eigenvalue weighted by molar-refractivity contribution is 6.09. The largest absolute Gasteiger partial charge is 0.399 e. The zero-order valence-corrected chi connectivity index (χ0v) is 17.3. The molecule has 0 atom stereocenters. The Morgan fingerprint density at radius 3 is 1.58 bits per heavy atom. The van der Waals surface area contributed by atoms with Gasteiger partial charge in [0.15, 0.2) is 0 Å². The van der Waals surface area contributed by atoms with Gasteiger partial charge in [-0.15, -0.1) is 24.8 Å². The number of unbranched alkanes of at least 4 members (excludes halogenated alkanes) is 2. The van der Waals surface area contributed by atoms with Crippen molar-refractivity contribution in [2.75, 3.05) is 11.5 Å². The predicted octanol–water partition coefficient (Wildman–Crippen LogP) is 6.72. The summed E-state index contributed by atoms with van der Waals surface area (Å²) in [5.74, 6) is 0. The average molecular weight is 396 g/mol. The van der Waals surface area contributed by atoms with E-state index in [0.29, 0.717) is 6.04 Å². The Bertz CT molecular complexity index is 775. The minimum Gasteiger partial charge on any atom is -0.399 e. The third-order valence-electron chi connectivity index (χ3n) is 5.00. The van der Waals surface area contributed by atoms with Gasteiger partial charge in [-0.3, -0.25) is 0 Å². The highest BCUT2D eigenvalue weighted by Crippen LogP contribution is 2.37. The van der Waals surface area contributed by atoms with Crippen molar-refractivity contribution in [2.45, 2.75) is 58.4 Å². The van der Waals surface area contributed by atoms with Gasteiger partial charge in [-0.25, -0.2) is 0 Å². The van der Waals surface area contributed by atoms with Gasteiger partial charge in [-0.1, -0.05) is 51.7 Å². The molecule has 0 unspecified atom stereocenters. The van der Waals surface area contributed by atoms with E-state index in [9.17, 15) is 0 Å². The number of nitrogens with zero attached hydrogens (tertiary/aromatic N) is 1. The first kappa shape index (κ1) is 22.5. The standard InChI is InChI=1S/C21H29N3.2ClH/c1-3-5-7-17(8-6-4-2)24-20-13-15(22)9-11-18(20)19-12-10-16(23)14-21(19)24;;/h9-14,17H,3-8,22-23H2,1-2H3;2*1H. The number of nitrogens with two attached hydrogens (primary N) is 2. The first-order valence-corrected chi connectivity index (χ1v) is 9.24. The first-order valence-electron chi connectivity index (χ1n) is 9.24. The van der Waals surface area contributed by atoms with Crippen LogP contribution in [0.5, 0.6) is 0 Å². The lowest BCUT2D eigenvalue weighted by atomic mass is 10.0. The third kappa shape index (κ3) is 4.39. The highest BCUT2D eigenvalue weighted by Gasteiger charge is 2.18. The van der Waals surface area contributed by atoms with Crippen LogP contribution in [0, 0.1) is 0 Å². The summed E-state index contributed by atoms with van der Waals surface area (Å²) < 4.78 is 2.50. The zero-order chi connectivity index (χ0) is 17.1. The molecule has 4 N–H and O–H groups in total. The SMILES string of the molecule is CCCCC(CCCC)n1c2cc(N)ccc2c2ccc(N)cc21.Cl.Cl. The second kappa shape index (κ2) is 9.94. The van der Waals surface area contributed by atoms with E-state index in [1.807, 2.05) is 12.1 Å². The van der Waals surface area contributed by atoms with E-state index in [0.717, 1.165) is 11.4 Å². The monoisotopic (exact) mass is 395 g/mol. The van der Waals surface area contributed by atoms with Crippen molar-refractivity contribution in [1.29, 1.82) is 0 Å². The second-order valence-electron chi connectivity index (χ2n) is 6.86. The summed E-state index contributed by atoms with van der Waals surface area (Å²) in [5.41, 5.74) is 16.3. The van der Waals surface area contributed by atoms with E-state index in [1.54, 1.807) is 0 Å². The van der Waals surface area contributed by atoms with Gasteiger partial charge in [-0.2, -0.15) is 0 Å². The molecule has 0 aliphatic rings. The Hall–Kier alpha value is -1.58. The van der Waals surface area contributed by atoms with Crippen LogP contribution in [-0.4, -0.2) is 4.57 Å². The number of benzene rings is 2. The molecule has 5 heteroatoms. The van der Waals surface area contributed by atoms with Gasteiger partial charge < -0.3 is 16.0 Å². The number of fused-ring (bicyclic) bond motifs is 3. The highest BCUT2D eigenvalue weighted by atomic mass is 35.5. The van der Waals surface area contributed by atoms with E-state index in [1.165, 1.54) is 60.3 Å². The molecule has 3 rings (SSSR count). The van der Waals surface area contributed by atoms with Crippen molar-refractivity contribution in [3.8, 4) is 0 Å². The summed E-state index contributed by atoms with van der Waals surface area (Å²) in [6.45, 7) is 4.53. The van der Waals surface area contributed by atoms with Crippen LogP contribution in [0.25, 0.3) is 21.8 Å². The van der Waals surface area contributed by atoms with Gasteiger partial charge in [0.2, 0.25) is 0 Å². The van der Waals surface area contributed by atoms with Crippen LogP contribution < -0.4 is 11.5 Å². The molecule has 0 saturated carbocycles.